The average molecular weight is 391 g/mol. The van der Waals surface area contributed by atoms with Gasteiger partial charge in [0, 0.05) is 11.1 Å². The Balaban J connectivity index is 1.46. The van der Waals surface area contributed by atoms with Crippen LogP contribution in [0.4, 0.5) is 11.6 Å². The quantitative estimate of drug-likeness (QED) is 0.619. The van der Waals surface area contributed by atoms with Crippen molar-refractivity contribution < 1.29 is 4.79 Å². The fourth-order valence-electron chi connectivity index (χ4n) is 2.52. The van der Waals surface area contributed by atoms with Crippen molar-refractivity contribution in [2.45, 2.75) is 24.0 Å². The van der Waals surface area contributed by atoms with Crippen molar-refractivity contribution in [3.8, 4) is 5.69 Å². The molecule has 1 saturated carbocycles. The van der Waals surface area contributed by atoms with E-state index >= 15 is 0 Å². The van der Waals surface area contributed by atoms with E-state index in [-0.39, 0.29) is 11.7 Å². The normalized spacial score (nSPS) is 13.7. The van der Waals surface area contributed by atoms with Gasteiger partial charge in [0.2, 0.25) is 11.9 Å². The van der Waals surface area contributed by atoms with Crippen LogP contribution in [0, 0.1) is 0 Å². The Kier molecular flexibility index (Phi) is 4.51. The van der Waals surface area contributed by atoms with E-state index in [0.717, 1.165) is 12.8 Å². The third kappa shape index (κ3) is 3.51. The van der Waals surface area contributed by atoms with Crippen LogP contribution in [0.15, 0.2) is 36.0 Å². The van der Waals surface area contributed by atoms with Crippen molar-refractivity contribution in [3.05, 3.63) is 35.9 Å². The molecule has 0 bridgehead atoms. The highest BCUT2D eigenvalue weighted by atomic mass is 35.5. The highest BCUT2D eigenvalue weighted by Gasteiger charge is 2.29. The monoisotopic (exact) mass is 390 g/mol. The fourth-order valence-corrected chi connectivity index (χ4v) is 3.50. The molecule has 1 aliphatic carbocycles. The lowest BCUT2D eigenvalue weighted by Crippen LogP contribution is -2.16. The zero-order valence-corrected chi connectivity index (χ0v) is 15.1. The molecule has 0 radical (unpaired) electrons. The van der Waals surface area contributed by atoms with E-state index < -0.39 is 0 Å². The van der Waals surface area contributed by atoms with Crippen LogP contribution in [-0.4, -0.2) is 41.2 Å². The first-order chi connectivity index (χ1) is 12.6. The smallest absolute Gasteiger partial charge is 0.234 e. The van der Waals surface area contributed by atoms with Crippen molar-refractivity contribution in [1.29, 1.82) is 0 Å². The Labute approximate surface area is 157 Å². The average Bonchev–Trinajstić information content (AvgIpc) is 3.15. The predicted octanol–water partition coefficient (Wildman–Crippen LogP) is 2.16. The maximum absolute atomic E-state index is 12.4. The topological polar surface area (TPSA) is 117 Å². The molecule has 2 heterocycles. The first kappa shape index (κ1) is 16.9. The summed E-state index contributed by atoms with van der Waals surface area (Å²) in [6.07, 6.45) is 5.09. The number of hydrogen-bond donors (Lipinski definition) is 2. The van der Waals surface area contributed by atoms with Crippen LogP contribution in [0.3, 0.4) is 0 Å². The molecule has 0 spiro atoms. The second-order valence-corrected chi connectivity index (χ2v) is 7.16. The zero-order valence-electron chi connectivity index (χ0n) is 13.5. The van der Waals surface area contributed by atoms with Crippen LogP contribution in [-0.2, 0) is 4.79 Å². The highest BCUT2D eigenvalue weighted by Crippen LogP contribution is 2.39. The number of anilines is 2. The lowest BCUT2D eigenvalue weighted by molar-refractivity contribution is -0.113. The number of carbonyl (C=O) groups is 1. The number of halogens is 1. The van der Waals surface area contributed by atoms with Gasteiger partial charge in [0.05, 0.1) is 17.1 Å². The molecule has 0 aliphatic heterocycles. The summed E-state index contributed by atoms with van der Waals surface area (Å²) >= 11 is 7.36. The third-order valence-corrected chi connectivity index (χ3v) is 5.01. The number of carbonyl (C=O) groups excluding carboxylic acids is 1. The van der Waals surface area contributed by atoms with Crippen LogP contribution >= 0.6 is 23.4 Å². The summed E-state index contributed by atoms with van der Waals surface area (Å²) in [7, 11) is 0. The molecule has 1 fully saturated rings. The van der Waals surface area contributed by atoms with E-state index in [1.807, 2.05) is 4.57 Å². The van der Waals surface area contributed by atoms with Crippen LogP contribution < -0.4 is 11.1 Å². The van der Waals surface area contributed by atoms with Crippen LogP contribution in [0.1, 0.15) is 18.9 Å². The summed E-state index contributed by atoms with van der Waals surface area (Å²) in [6.45, 7) is 0. The van der Waals surface area contributed by atoms with Gasteiger partial charge in [-0.15, -0.1) is 10.2 Å². The van der Waals surface area contributed by atoms with Crippen molar-refractivity contribution >= 4 is 40.9 Å². The van der Waals surface area contributed by atoms with Crippen molar-refractivity contribution in [2.75, 3.05) is 16.8 Å². The molecule has 3 N–H and O–H groups in total. The Morgan fingerprint density at radius 3 is 2.96 bits per heavy atom. The Morgan fingerprint density at radius 2 is 2.23 bits per heavy atom. The SMILES string of the molecule is Nc1nnc(SCC(=O)Nc2cc(Cl)ccc2-n2cncn2)n1C1CC1. The Morgan fingerprint density at radius 1 is 1.38 bits per heavy atom. The third-order valence-electron chi connectivity index (χ3n) is 3.83. The summed E-state index contributed by atoms with van der Waals surface area (Å²) in [6, 6.07) is 5.52. The van der Waals surface area contributed by atoms with Crippen molar-refractivity contribution in [2.24, 2.45) is 0 Å². The van der Waals surface area contributed by atoms with Crippen molar-refractivity contribution in [1.82, 2.24) is 29.5 Å². The van der Waals surface area contributed by atoms with Crippen molar-refractivity contribution in [3.63, 3.8) is 0 Å². The summed E-state index contributed by atoms with van der Waals surface area (Å²) in [5.41, 5.74) is 7.08. The number of nitrogens with two attached hydrogens (primary N) is 1. The molecule has 11 heteroatoms. The van der Waals surface area contributed by atoms with E-state index in [1.165, 1.54) is 18.1 Å². The summed E-state index contributed by atoms with van der Waals surface area (Å²) < 4.78 is 3.45. The first-order valence-electron chi connectivity index (χ1n) is 7.89. The highest BCUT2D eigenvalue weighted by molar-refractivity contribution is 7.99. The molecule has 4 rings (SSSR count). The molecular formula is C15H15ClN8OS. The lowest BCUT2D eigenvalue weighted by Gasteiger charge is -2.11. The number of nitrogen functional groups attached to an aromatic ring is 1. The van der Waals surface area contributed by atoms with E-state index in [2.05, 4.69) is 25.6 Å². The molecule has 134 valence electrons. The standard InChI is InChI=1S/C15H15ClN8OS/c16-9-1-4-12(23-8-18-7-19-23)11(5-9)20-13(25)6-26-15-22-21-14(17)24(15)10-2-3-10/h1,4-5,7-8,10H,2-3,6H2,(H2,17,21)(H,20,25). The largest absolute Gasteiger partial charge is 0.368 e. The fraction of sp³-hybridized carbons (Fsp3) is 0.267. The van der Waals surface area contributed by atoms with Gasteiger partial charge in [-0.2, -0.15) is 5.10 Å². The molecule has 0 atom stereocenters. The lowest BCUT2D eigenvalue weighted by atomic mass is 10.2. The maximum Gasteiger partial charge on any atom is 0.234 e. The van der Waals surface area contributed by atoms with Crippen LogP contribution in [0.5, 0.6) is 0 Å². The summed E-state index contributed by atoms with van der Waals surface area (Å²) in [5.74, 6) is 0.370. The second-order valence-electron chi connectivity index (χ2n) is 5.78. The number of thioether (sulfide) groups is 1. The molecule has 0 unspecified atom stereocenters. The molecular weight excluding hydrogens is 376 g/mol. The van der Waals surface area contributed by atoms with Gasteiger partial charge in [-0.1, -0.05) is 23.4 Å². The molecule has 3 aromatic rings. The molecule has 2 aromatic heterocycles. The number of amides is 1. The predicted molar refractivity (Wildman–Crippen MR) is 98.4 cm³/mol. The number of rotatable bonds is 6. The van der Waals surface area contributed by atoms with Gasteiger partial charge in [0.25, 0.3) is 0 Å². The van der Waals surface area contributed by atoms with Gasteiger partial charge in [-0.3, -0.25) is 9.36 Å². The van der Waals surface area contributed by atoms with Gasteiger partial charge in [0.15, 0.2) is 5.16 Å². The van der Waals surface area contributed by atoms with E-state index in [4.69, 9.17) is 17.3 Å². The molecule has 9 nitrogen and oxygen atoms in total. The Hall–Kier alpha value is -2.59. The minimum atomic E-state index is -0.192. The molecule has 1 aliphatic rings. The van der Waals surface area contributed by atoms with Gasteiger partial charge < -0.3 is 11.1 Å². The minimum absolute atomic E-state index is 0.175. The first-order valence-corrected chi connectivity index (χ1v) is 9.26. The maximum atomic E-state index is 12.4. The molecule has 26 heavy (non-hydrogen) atoms. The van der Waals surface area contributed by atoms with E-state index in [9.17, 15) is 4.79 Å². The van der Waals surface area contributed by atoms with Crippen LogP contribution in [0.25, 0.3) is 5.69 Å². The second kappa shape index (κ2) is 6.96. The van der Waals surface area contributed by atoms with E-state index in [0.29, 0.717) is 33.5 Å². The number of hydrogen-bond acceptors (Lipinski definition) is 7. The van der Waals surface area contributed by atoms with Gasteiger partial charge in [0.1, 0.15) is 12.7 Å². The molecule has 1 aromatic carbocycles. The number of nitrogens with zero attached hydrogens (tertiary/aromatic N) is 6. The zero-order chi connectivity index (χ0) is 18.1. The number of aromatic nitrogens is 6. The van der Waals surface area contributed by atoms with Gasteiger partial charge in [-0.25, -0.2) is 9.67 Å². The summed E-state index contributed by atoms with van der Waals surface area (Å²) in [5, 5.41) is 16.1. The molecule has 0 saturated heterocycles. The minimum Gasteiger partial charge on any atom is -0.368 e. The van der Waals surface area contributed by atoms with Crippen LogP contribution in [0.2, 0.25) is 5.02 Å². The van der Waals surface area contributed by atoms with Gasteiger partial charge in [-0.05, 0) is 31.0 Å². The Bertz CT molecular complexity index is 937. The number of benzene rings is 1. The molecule has 1 amide bonds. The number of nitrogens with one attached hydrogen (secondary N) is 1. The van der Waals surface area contributed by atoms with E-state index in [1.54, 1.807) is 29.2 Å². The van der Waals surface area contributed by atoms with Gasteiger partial charge >= 0.3 is 0 Å². The summed E-state index contributed by atoms with van der Waals surface area (Å²) in [4.78, 5) is 16.3.